The summed E-state index contributed by atoms with van der Waals surface area (Å²) in [5.74, 6) is 0.756. The monoisotopic (exact) mass is 333 g/mol. The minimum atomic E-state index is -0.0517. The minimum absolute atomic E-state index is 0.0517. The highest BCUT2D eigenvalue weighted by Crippen LogP contribution is 2.21. The summed E-state index contributed by atoms with van der Waals surface area (Å²) < 4.78 is 11.1. The van der Waals surface area contributed by atoms with Gasteiger partial charge in [0.25, 0.3) is 5.91 Å². The molecule has 2 fully saturated rings. The molecule has 6 heteroatoms. The van der Waals surface area contributed by atoms with Crippen LogP contribution < -0.4 is 10.2 Å². The minimum Gasteiger partial charge on any atom is -0.379 e. The largest absolute Gasteiger partial charge is 0.379 e. The molecule has 0 bridgehead atoms. The van der Waals surface area contributed by atoms with E-state index in [4.69, 9.17) is 9.47 Å². The smallest absolute Gasteiger partial charge is 0.255 e. The van der Waals surface area contributed by atoms with Crippen molar-refractivity contribution < 1.29 is 14.3 Å². The van der Waals surface area contributed by atoms with Crippen molar-refractivity contribution in [2.75, 3.05) is 44.4 Å². The lowest BCUT2D eigenvalue weighted by molar-refractivity contribution is 0.0166. The quantitative estimate of drug-likeness (QED) is 0.737. The van der Waals surface area contributed by atoms with Crippen molar-refractivity contribution in [2.24, 2.45) is 0 Å². The zero-order chi connectivity index (χ0) is 16.6. The van der Waals surface area contributed by atoms with E-state index in [2.05, 4.69) is 15.2 Å². The molecule has 2 aliphatic rings. The average molecular weight is 333 g/mol. The van der Waals surface area contributed by atoms with E-state index >= 15 is 0 Å². The molecule has 0 radical (unpaired) electrons. The van der Waals surface area contributed by atoms with E-state index in [9.17, 15) is 4.79 Å². The fourth-order valence-corrected chi connectivity index (χ4v) is 3.22. The van der Waals surface area contributed by atoms with Crippen LogP contribution in [0.4, 0.5) is 5.82 Å². The number of ether oxygens (including phenoxy) is 2. The van der Waals surface area contributed by atoms with Gasteiger partial charge in [-0.15, -0.1) is 0 Å². The van der Waals surface area contributed by atoms with Crippen LogP contribution in [0.15, 0.2) is 18.3 Å². The Morgan fingerprint density at radius 3 is 3.04 bits per heavy atom. The SMILES string of the molecule is O=C(NCCCOCC1CCCO1)c1cccnc1N1CCCC1. The number of carbonyl (C=O) groups excluding carboxylic acids is 1. The van der Waals surface area contributed by atoms with Crippen LogP contribution in [0.1, 0.15) is 42.5 Å². The first-order valence-electron chi connectivity index (χ1n) is 9.02. The van der Waals surface area contributed by atoms with Gasteiger partial charge in [0, 0.05) is 39.0 Å². The first-order chi connectivity index (χ1) is 11.8. The lowest BCUT2D eigenvalue weighted by Gasteiger charge is -2.19. The average Bonchev–Trinajstić information content (AvgIpc) is 3.31. The second-order valence-electron chi connectivity index (χ2n) is 6.39. The topological polar surface area (TPSA) is 63.7 Å². The number of anilines is 1. The highest BCUT2D eigenvalue weighted by molar-refractivity contribution is 5.98. The molecule has 24 heavy (non-hydrogen) atoms. The molecule has 132 valence electrons. The van der Waals surface area contributed by atoms with Gasteiger partial charge in [-0.05, 0) is 44.2 Å². The number of amides is 1. The molecule has 1 aromatic rings. The Morgan fingerprint density at radius 1 is 1.38 bits per heavy atom. The number of rotatable bonds is 8. The number of hydrogen-bond donors (Lipinski definition) is 1. The number of nitrogens with one attached hydrogen (secondary N) is 1. The van der Waals surface area contributed by atoms with Crippen LogP contribution in [0.2, 0.25) is 0 Å². The third-order valence-corrected chi connectivity index (χ3v) is 4.52. The van der Waals surface area contributed by atoms with Crippen molar-refractivity contribution in [2.45, 2.75) is 38.2 Å². The third-order valence-electron chi connectivity index (χ3n) is 4.52. The Bertz CT molecular complexity index is 526. The molecule has 0 aromatic carbocycles. The van der Waals surface area contributed by atoms with Gasteiger partial charge in [0.05, 0.1) is 18.3 Å². The molecule has 3 heterocycles. The maximum Gasteiger partial charge on any atom is 0.255 e. The zero-order valence-electron chi connectivity index (χ0n) is 14.2. The number of aromatic nitrogens is 1. The Balaban J connectivity index is 1.38. The van der Waals surface area contributed by atoms with Crippen LogP contribution in [0.25, 0.3) is 0 Å². The van der Waals surface area contributed by atoms with Crippen molar-refractivity contribution in [1.82, 2.24) is 10.3 Å². The van der Waals surface area contributed by atoms with Gasteiger partial charge >= 0.3 is 0 Å². The first kappa shape index (κ1) is 17.2. The summed E-state index contributed by atoms with van der Waals surface area (Å²) in [6.45, 7) is 4.73. The van der Waals surface area contributed by atoms with Gasteiger partial charge in [-0.3, -0.25) is 4.79 Å². The van der Waals surface area contributed by atoms with E-state index in [-0.39, 0.29) is 12.0 Å². The predicted molar refractivity (Wildman–Crippen MR) is 92.4 cm³/mol. The van der Waals surface area contributed by atoms with Gasteiger partial charge in [0.15, 0.2) is 0 Å². The summed E-state index contributed by atoms with van der Waals surface area (Å²) in [5, 5.41) is 2.97. The molecular weight excluding hydrogens is 306 g/mol. The van der Waals surface area contributed by atoms with Crippen LogP contribution in [0.5, 0.6) is 0 Å². The molecule has 3 rings (SSSR count). The second-order valence-corrected chi connectivity index (χ2v) is 6.39. The first-order valence-corrected chi connectivity index (χ1v) is 9.02. The van der Waals surface area contributed by atoms with E-state index < -0.39 is 0 Å². The fraction of sp³-hybridized carbons (Fsp3) is 0.667. The molecule has 0 aliphatic carbocycles. The summed E-state index contributed by atoms with van der Waals surface area (Å²) in [5.41, 5.74) is 0.666. The van der Waals surface area contributed by atoms with E-state index in [0.717, 1.165) is 44.8 Å². The lowest BCUT2D eigenvalue weighted by Crippen LogP contribution is -2.29. The van der Waals surface area contributed by atoms with Crippen molar-refractivity contribution >= 4 is 11.7 Å². The van der Waals surface area contributed by atoms with Gasteiger partial charge in [-0.2, -0.15) is 0 Å². The van der Waals surface area contributed by atoms with Gasteiger partial charge in [-0.1, -0.05) is 0 Å². The number of hydrogen-bond acceptors (Lipinski definition) is 5. The lowest BCUT2D eigenvalue weighted by atomic mass is 10.2. The molecule has 1 atom stereocenters. The molecule has 2 aliphatic heterocycles. The number of pyridine rings is 1. The van der Waals surface area contributed by atoms with Crippen LogP contribution in [0.3, 0.4) is 0 Å². The van der Waals surface area contributed by atoms with Crippen LogP contribution >= 0.6 is 0 Å². The summed E-state index contributed by atoms with van der Waals surface area (Å²) in [4.78, 5) is 19.0. The summed E-state index contributed by atoms with van der Waals surface area (Å²) in [6.07, 6.45) is 7.38. The maximum atomic E-state index is 12.4. The Morgan fingerprint density at radius 2 is 2.25 bits per heavy atom. The molecule has 1 unspecified atom stereocenters. The molecule has 0 saturated carbocycles. The fourth-order valence-electron chi connectivity index (χ4n) is 3.22. The third kappa shape index (κ3) is 4.68. The van der Waals surface area contributed by atoms with Crippen molar-refractivity contribution in [3.05, 3.63) is 23.9 Å². The van der Waals surface area contributed by atoms with E-state index in [1.54, 1.807) is 6.20 Å². The van der Waals surface area contributed by atoms with Gasteiger partial charge in [-0.25, -0.2) is 4.98 Å². The maximum absolute atomic E-state index is 12.4. The second kappa shape index (κ2) is 8.99. The highest BCUT2D eigenvalue weighted by atomic mass is 16.5. The Hall–Kier alpha value is -1.66. The van der Waals surface area contributed by atoms with Gasteiger partial charge in [0.1, 0.15) is 5.82 Å². The van der Waals surface area contributed by atoms with Crippen LogP contribution in [-0.2, 0) is 9.47 Å². The molecule has 0 spiro atoms. The Labute approximate surface area is 143 Å². The highest BCUT2D eigenvalue weighted by Gasteiger charge is 2.20. The Kier molecular flexibility index (Phi) is 6.43. The molecule has 1 N–H and O–H groups in total. The van der Waals surface area contributed by atoms with Gasteiger partial charge < -0.3 is 19.7 Å². The molecule has 2 saturated heterocycles. The van der Waals surface area contributed by atoms with E-state index in [0.29, 0.717) is 25.3 Å². The van der Waals surface area contributed by atoms with Crippen LogP contribution in [-0.4, -0.2) is 56.5 Å². The standard InChI is InChI=1S/C18H27N3O3/c22-18(20-9-5-12-23-14-15-6-4-13-24-15)16-7-3-8-19-17(16)21-10-1-2-11-21/h3,7-8,15H,1-2,4-6,9-14H2,(H,20,22). The summed E-state index contributed by atoms with van der Waals surface area (Å²) in [7, 11) is 0. The summed E-state index contributed by atoms with van der Waals surface area (Å²) >= 11 is 0. The normalized spacial score (nSPS) is 20.5. The zero-order valence-corrected chi connectivity index (χ0v) is 14.2. The molecular formula is C18H27N3O3. The number of nitrogens with zero attached hydrogens (tertiary/aromatic N) is 2. The summed E-state index contributed by atoms with van der Waals surface area (Å²) in [6, 6.07) is 3.67. The van der Waals surface area contributed by atoms with Crippen molar-refractivity contribution in [3.63, 3.8) is 0 Å². The van der Waals surface area contributed by atoms with E-state index in [1.807, 2.05) is 12.1 Å². The van der Waals surface area contributed by atoms with Crippen LogP contribution in [0, 0.1) is 0 Å². The van der Waals surface area contributed by atoms with Crippen molar-refractivity contribution in [1.29, 1.82) is 0 Å². The van der Waals surface area contributed by atoms with Crippen molar-refractivity contribution in [3.8, 4) is 0 Å². The van der Waals surface area contributed by atoms with Gasteiger partial charge in [0.2, 0.25) is 0 Å². The molecule has 1 aromatic heterocycles. The predicted octanol–water partition coefficient (Wildman–Crippen LogP) is 2.00. The molecule has 6 nitrogen and oxygen atoms in total. The molecule has 1 amide bonds. The van der Waals surface area contributed by atoms with E-state index in [1.165, 1.54) is 12.8 Å². The number of carbonyl (C=O) groups is 1.